The van der Waals surface area contributed by atoms with Crippen LogP contribution in [0.1, 0.15) is 27.0 Å². The Hall–Kier alpha value is -3.21. The molecule has 0 bridgehead atoms. The fraction of sp³-hybridized carbons (Fsp3) is 0.227. The predicted octanol–water partition coefficient (Wildman–Crippen LogP) is 4.15. The summed E-state index contributed by atoms with van der Waals surface area (Å²) in [5.41, 5.74) is 5.11. The molecule has 2 aromatic heterocycles. The van der Waals surface area contributed by atoms with Gasteiger partial charge in [-0.05, 0) is 67.3 Å². The number of amides is 1. The fourth-order valence-electron chi connectivity index (χ4n) is 2.77. The van der Waals surface area contributed by atoms with Gasteiger partial charge in [0, 0.05) is 37.9 Å². The Kier molecular flexibility index (Phi) is 5.81. The van der Waals surface area contributed by atoms with Crippen LogP contribution in [-0.4, -0.2) is 34.4 Å². The number of anilines is 2. The number of aromatic nitrogens is 2. The van der Waals surface area contributed by atoms with E-state index in [1.54, 1.807) is 23.5 Å². The normalized spacial score (nSPS) is 10.5. The van der Waals surface area contributed by atoms with E-state index >= 15 is 0 Å². The molecule has 1 amide bonds. The Bertz CT molecular complexity index is 907. The van der Waals surface area contributed by atoms with E-state index < -0.39 is 0 Å². The SMILES string of the molecule is Cc1ccc(C)c(Nc2ccc(C(=O)N(C)CCc3ccncc3)cn2)c1. The number of hydrogen-bond acceptors (Lipinski definition) is 4. The van der Waals surface area contributed by atoms with Gasteiger partial charge in [0.15, 0.2) is 0 Å². The summed E-state index contributed by atoms with van der Waals surface area (Å²) in [5, 5.41) is 3.31. The molecule has 2 heterocycles. The van der Waals surface area contributed by atoms with E-state index in [0.717, 1.165) is 29.1 Å². The van der Waals surface area contributed by atoms with Gasteiger partial charge in [-0.25, -0.2) is 4.98 Å². The summed E-state index contributed by atoms with van der Waals surface area (Å²) >= 11 is 0. The number of pyridine rings is 2. The molecular weight excluding hydrogens is 336 g/mol. The molecule has 0 radical (unpaired) electrons. The molecule has 0 aliphatic heterocycles. The number of aryl methyl sites for hydroxylation is 2. The maximum Gasteiger partial charge on any atom is 0.255 e. The third-order valence-corrected chi connectivity index (χ3v) is 4.50. The zero-order chi connectivity index (χ0) is 19.2. The maximum absolute atomic E-state index is 12.6. The molecule has 138 valence electrons. The molecular formula is C22H24N4O. The van der Waals surface area contributed by atoms with Gasteiger partial charge in [-0.15, -0.1) is 0 Å². The van der Waals surface area contributed by atoms with E-state index in [1.165, 1.54) is 5.56 Å². The van der Waals surface area contributed by atoms with Gasteiger partial charge in [-0.1, -0.05) is 12.1 Å². The summed E-state index contributed by atoms with van der Waals surface area (Å²) in [7, 11) is 1.81. The number of hydrogen-bond donors (Lipinski definition) is 1. The van der Waals surface area contributed by atoms with Crippen LogP contribution in [0.25, 0.3) is 0 Å². The van der Waals surface area contributed by atoms with Crippen LogP contribution in [0.5, 0.6) is 0 Å². The highest BCUT2D eigenvalue weighted by Crippen LogP contribution is 2.20. The number of likely N-dealkylation sites (N-methyl/N-ethyl adjacent to an activating group) is 1. The summed E-state index contributed by atoms with van der Waals surface area (Å²) in [5.74, 6) is 0.689. The topological polar surface area (TPSA) is 58.1 Å². The van der Waals surface area contributed by atoms with Crippen molar-refractivity contribution in [3.8, 4) is 0 Å². The van der Waals surface area contributed by atoms with Gasteiger partial charge in [-0.3, -0.25) is 9.78 Å². The van der Waals surface area contributed by atoms with Crippen LogP contribution in [0.4, 0.5) is 11.5 Å². The first-order chi connectivity index (χ1) is 13.0. The van der Waals surface area contributed by atoms with Crippen LogP contribution >= 0.6 is 0 Å². The first kappa shape index (κ1) is 18.6. The number of rotatable bonds is 6. The van der Waals surface area contributed by atoms with E-state index in [2.05, 4.69) is 47.3 Å². The van der Waals surface area contributed by atoms with Crippen molar-refractivity contribution in [2.75, 3.05) is 18.9 Å². The summed E-state index contributed by atoms with van der Waals surface area (Å²) < 4.78 is 0. The third-order valence-electron chi connectivity index (χ3n) is 4.50. The third kappa shape index (κ3) is 4.91. The average molecular weight is 360 g/mol. The molecule has 0 aliphatic carbocycles. The predicted molar refractivity (Wildman–Crippen MR) is 108 cm³/mol. The lowest BCUT2D eigenvalue weighted by Crippen LogP contribution is -2.28. The second-order valence-electron chi connectivity index (χ2n) is 6.71. The molecule has 5 nitrogen and oxygen atoms in total. The van der Waals surface area contributed by atoms with Gasteiger partial charge >= 0.3 is 0 Å². The molecule has 0 aliphatic rings. The number of carbonyl (C=O) groups is 1. The summed E-state index contributed by atoms with van der Waals surface area (Å²) in [6.45, 7) is 4.75. The summed E-state index contributed by atoms with van der Waals surface area (Å²) in [4.78, 5) is 22.7. The van der Waals surface area contributed by atoms with Gasteiger partial charge in [-0.2, -0.15) is 0 Å². The number of carbonyl (C=O) groups excluding carboxylic acids is 1. The Labute approximate surface area is 160 Å². The number of benzene rings is 1. The molecule has 27 heavy (non-hydrogen) atoms. The monoisotopic (exact) mass is 360 g/mol. The zero-order valence-electron chi connectivity index (χ0n) is 15.9. The van der Waals surface area contributed by atoms with Crippen LogP contribution in [0.15, 0.2) is 61.1 Å². The minimum absolute atomic E-state index is 0.0326. The largest absolute Gasteiger partial charge is 0.341 e. The van der Waals surface area contributed by atoms with Crippen molar-refractivity contribution in [3.63, 3.8) is 0 Å². The van der Waals surface area contributed by atoms with Gasteiger partial charge in [0.25, 0.3) is 5.91 Å². The van der Waals surface area contributed by atoms with Crippen molar-refractivity contribution in [1.29, 1.82) is 0 Å². The van der Waals surface area contributed by atoms with Crippen molar-refractivity contribution in [2.24, 2.45) is 0 Å². The summed E-state index contributed by atoms with van der Waals surface area (Å²) in [6.07, 6.45) is 5.95. The first-order valence-corrected chi connectivity index (χ1v) is 8.97. The summed E-state index contributed by atoms with van der Waals surface area (Å²) in [6, 6.07) is 13.8. The Morgan fingerprint density at radius 3 is 2.56 bits per heavy atom. The molecule has 0 saturated heterocycles. The molecule has 0 unspecified atom stereocenters. The van der Waals surface area contributed by atoms with E-state index in [4.69, 9.17) is 0 Å². The first-order valence-electron chi connectivity index (χ1n) is 8.97. The molecule has 1 N–H and O–H groups in total. The maximum atomic E-state index is 12.6. The molecule has 3 aromatic rings. The number of nitrogens with one attached hydrogen (secondary N) is 1. The highest BCUT2D eigenvalue weighted by Gasteiger charge is 2.12. The second-order valence-corrected chi connectivity index (χ2v) is 6.71. The van der Waals surface area contributed by atoms with Gasteiger partial charge in [0.05, 0.1) is 5.56 Å². The van der Waals surface area contributed by atoms with Crippen molar-refractivity contribution in [3.05, 3.63) is 83.3 Å². The van der Waals surface area contributed by atoms with Gasteiger partial charge < -0.3 is 10.2 Å². The van der Waals surface area contributed by atoms with E-state index in [0.29, 0.717) is 12.1 Å². The van der Waals surface area contributed by atoms with Crippen molar-refractivity contribution in [1.82, 2.24) is 14.9 Å². The van der Waals surface area contributed by atoms with E-state index in [-0.39, 0.29) is 5.91 Å². The minimum Gasteiger partial charge on any atom is -0.341 e. The molecule has 0 saturated carbocycles. The van der Waals surface area contributed by atoms with Gasteiger partial charge in [0.1, 0.15) is 5.82 Å². The lowest BCUT2D eigenvalue weighted by molar-refractivity contribution is 0.0796. The molecule has 0 atom stereocenters. The van der Waals surface area contributed by atoms with Crippen molar-refractivity contribution in [2.45, 2.75) is 20.3 Å². The minimum atomic E-state index is -0.0326. The molecule has 0 spiro atoms. The molecule has 0 fully saturated rings. The van der Waals surface area contributed by atoms with Crippen LogP contribution in [-0.2, 0) is 6.42 Å². The van der Waals surface area contributed by atoms with Crippen molar-refractivity contribution >= 4 is 17.4 Å². The average Bonchev–Trinajstić information content (AvgIpc) is 2.70. The fourth-order valence-corrected chi connectivity index (χ4v) is 2.77. The van der Waals surface area contributed by atoms with Crippen LogP contribution in [0.2, 0.25) is 0 Å². The molecule has 5 heteroatoms. The second kappa shape index (κ2) is 8.45. The Morgan fingerprint density at radius 2 is 1.85 bits per heavy atom. The van der Waals surface area contributed by atoms with Gasteiger partial charge in [0.2, 0.25) is 0 Å². The highest BCUT2D eigenvalue weighted by molar-refractivity contribution is 5.94. The smallest absolute Gasteiger partial charge is 0.255 e. The quantitative estimate of drug-likeness (QED) is 0.717. The molecule has 3 rings (SSSR count). The lowest BCUT2D eigenvalue weighted by atomic mass is 10.1. The Morgan fingerprint density at radius 1 is 1.07 bits per heavy atom. The van der Waals surface area contributed by atoms with Crippen LogP contribution < -0.4 is 5.32 Å². The van der Waals surface area contributed by atoms with Crippen LogP contribution in [0, 0.1) is 13.8 Å². The number of nitrogens with zero attached hydrogens (tertiary/aromatic N) is 3. The van der Waals surface area contributed by atoms with Crippen LogP contribution in [0.3, 0.4) is 0 Å². The lowest BCUT2D eigenvalue weighted by Gasteiger charge is -2.17. The highest BCUT2D eigenvalue weighted by atomic mass is 16.2. The standard InChI is InChI=1S/C22H24N4O/c1-16-4-5-17(2)20(14-16)25-21-7-6-19(15-24-21)22(27)26(3)13-10-18-8-11-23-12-9-18/h4-9,11-12,14-15H,10,13H2,1-3H3,(H,24,25). The van der Waals surface area contributed by atoms with E-state index in [1.807, 2.05) is 31.3 Å². The Balaban J connectivity index is 1.62. The van der Waals surface area contributed by atoms with Crippen molar-refractivity contribution < 1.29 is 4.79 Å². The molecule has 1 aromatic carbocycles. The zero-order valence-corrected chi connectivity index (χ0v) is 15.9. The van der Waals surface area contributed by atoms with E-state index in [9.17, 15) is 4.79 Å².